The van der Waals surface area contributed by atoms with Crippen molar-refractivity contribution in [3.05, 3.63) is 59.8 Å². The Morgan fingerprint density at radius 1 is 1.12 bits per heavy atom. The summed E-state index contributed by atoms with van der Waals surface area (Å²) in [5.74, 6) is 1.48. The second-order valence-corrected chi connectivity index (χ2v) is 8.40. The lowest BCUT2D eigenvalue weighted by Gasteiger charge is -2.29. The van der Waals surface area contributed by atoms with Crippen molar-refractivity contribution >= 4 is 22.7 Å². The smallest absolute Gasteiger partial charge is 0.242 e. The van der Waals surface area contributed by atoms with Crippen molar-refractivity contribution in [2.75, 3.05) is 20.8 Å². The quantitative estimate of drug-likeness (QED) is 0.548. The van der Waals surface area contributed by atoms with Gasteiger partial charge in [-0.3, -0.25) is 9.59 Å². The Hall–Kier alpha value is -3.48. The molecule has 0 radical (unpaired) electrons. The van der Waals surface area contributed by atoms with E-state index in [4.69, 9.17) is 9.47 Å². The summed E-state index contributed by atoms with van der Waals surface area (Å²) < 4.78 is 10.6. The van der Waals surface area contributed by atoms with Gasteiger partial charge in [0.05, 0.1) is 14.2 Å². The van der Waals surface area contributed by atoms with Crippen LogP contribution < -0.4 is 14.8 Å². The number of methoxy groups -OCH3 is 2. The molecule has 1 aromatic heterocycles. The number of likely N-dealkylation sites (tertiary alicyclic amines) is 1. The number of nitrogens with zero attached hydrogens (tertiary/aromatic N) is 1. The number of hydrogen-bond acceptors (Lipinski definition) is 4. The number of carbonyl (C=O) groups is 2. The van der Waals surface area contributed by atoms with Gasteiger partial charge in [-0.05, 0) is 60.7 Å². The number of rotatable bonds is 8. The molecule has 2 amide bonds. The molecule has 0 saturated carbocycles. The summed E-state index contributed by atoms with van der Waals surface area (Å²) in [6.45, 7) is 0.900. The van der Waals surface area contributed by atoms with Gasteiger partial charge < -0.3 is 24.7 Å². The van der Waals surface area contributed by atoms with Crippen molar-refractivity contribution < 1.29 is 19.1 Å². The summed E-state index contributed by atoms with van der Waals surface area (Å²) in [6, 6.07) is 13.1. The van der Waals surface area contributed by atoms with Gasteiger partial charge in [0.15, 0.2) is 0 Å². The number of benzene rings is 2. The van der Waals surface area contributed by atoms with Crippen LogP contribution in [0.4, 0.5) is 0 Å². The highest BCUT2D eigenvalue weighted by Gasteiger charge is 2.31. The minimum absolute atomic E-state index is 0.0270. The molecule has 33 heavy (non-hydrogen) atoms. The second kappa shape index (κ2) is 10.4. The Bertz CT molecular complexity index is 1120. The van der Waals surface area contributed by atoms with Crippen molar-refractivity contribution in [1.82, 2.24) is 15.2 Å². The number of H-pyrrole nitrogens is 1. The highest BCUT2D eigenvalue weighted by molar-refractivity contribution is 5.88. The van der Waals surface area contributed by atoms with Crippen LogP contribution in [-0.2, 0) is 22.6 Å². The molecule has 1 atom stereocenters. The molecule has 174 valence electrons. The molecule has 1 aliphatic rings. The molecule has 7 heteroatoms. The molecule has 0 unspecified atom stereocenters. The van der Waals surface area contributed by atoms with E-state index in [0.717, 1.165) is 46.4 Å². The molecule has 3 aromatic rings. The summed E-state index contributed by atoms with van der Waals surface area (Å²) in [7, 11) is 3.27. The van der Waals surface area contributed by atoms with E-state index in [9.17, 15) is 9.59 Å². The molecular formula is C26H31N3O4. The van der Waals surface area contributed by atoms with Crippen LogP contribution in [0.15, 0.2) is 48.7 Å². The third kappa shape index (κ3) is 5.30. The van der Waals surface area contributed by atoms with Gasteiger partial charge in [0.2, 0.25) is 11.8 Å². The molecule has 2 aromatic carbocycles. The van der Waals surface area contributed by atoms with Crippen molar-refractivity contribution in [3.8, 4) is 11.5 Å². The maximum absolute atomic E-state index is 13.2. The van der Waals surface area contributed by atoms with Crippen LogP contribution in [0.25, 0.3) is 10.9 Å². The molecule has 1 saturated heterocycles. The van der Waals surface area contributed by atoms with Crippen LogP contribution in [-0.4, -0.2) is 48.5 Å². The number of aromatic nitrogens is 1. The molecule has 0 aliphatic carbocycles. The third-order valence-electron chi connectivity index (χ3n) is 6.27. The highest BCUT2D eigenvalue weighted by atomic mass is 16.5. The van der Waals surface area contributed by atoms with Crippen LogP contribution in [0.3, 0.4) is 0 Å². The fourth-order valence-electron chi connectivity index (χ4n) is 4.46. The summed E-state index contributed by atoms with van der Waals surface area (Å²) >= 11 is 0. The molecule has 0 spiro atoms. The van der Waals surface area contributed by atoms with Crippen molar-refractivity contribution in [2.24, 2.45) is 0 Å². The van der Waals surface area contributed by atoms with Gasteiger partial charge in [0, 0.05) is 36.6 Å². The monoisotopic (exact) mass is 449 g/mol. The molecule has 2 heterocycles. The van der Waals surface area contributed by atoms with E-state index in [1.807, 2.05) is 48.7 Å². The molecule has 4 rings (SSSR count). The van der Waals surface area contributed by atoms with Gasteiger partial charge in [-0.25, -0.2) is 0 Å². The van der Waals surface area contributed by atoms with E-state index in [0.29, 0.717) is 32.4 Å². The fraction of sp³-hybridized carbons (Fsp3) is 0.385. The van der Waals surface area contributed by atoms with Gasteiger partial charge >= 0.3 is 0 Å². The van der Waals surface area contributed by atoms with Crippen molar-refractivity contribution in [2.45, 2.75) is 44.7 Å². The van der Waals surface area contributed by atoms with Gasteiger partial charge in [0.25, 0.3) is 0 Å². The number of amides is 2. The lowest BCUT2D eigenvalue weighted by molar-refractivity contribution is -0.140. The average molecular weight is 450 g/mol. The Kier molecular flexibility index (Phi) is 7.17. The summed E-state index contributed by atoms with van der Waals surface area (Å²) in [4.78, 5) is 31.0. The van der Waals surface area contributed by atoms with Crippen LogP contribution in [0.5, 0.6) is 11.5 Å². The number of hydrogen-bond donors (Lipinski definition) is 2. The number of carbonyl (C=O) groups excluding carboxylic acids is 2. The largest absolute Gasteiger partial charge is 0.497 e. The molecule has 0 bridgehead atoms. The number of fused-ring (bicyclic) bond motifs is 1. The van der Waals surface area contributed by atoms with Gasteiger partial charge in [-0.15, -0.1) is 0 Å². The number of nitrogens with one attached hydrogen (secondary N) is 2. The van der Waals surface area contributed by atoms with E-state index in [-0.39, 0.29) is 11.8 Å². The maximum Gasteiger partial charge on any atom is 0.242 e. The van der Waals surface area contributed by atoms with Crippen LogP contribution in [0.2, 0.25) is 0 Å². The lowest BCUT2D eigenvalue weighted by Crippen LogP contribution is -2.48. The van der Waals surface area contributed by atoms with E-state index in [1.165, 1.54) is 0 Å². The SMILES string of the molecule is COc1cccc(CN2C(=O)CCCC[C@H]2C(=O)NCCc2c[nH]c3ccc(OC)cc23)c1. The normalized spacial score (nSPS) is 16.5. The number of aromatic amines is 1. The lowest BCUT2D eigenvalue weighted by atomic mass is 10.1. The Morgan fingerprint density at radius 3 is 2.76 bits per heavy atom. The fourth-order valence-corrected chi connectivity index (χ4v) is 4.46. The van der Waals surface area contributed by atoms with E-state index in [1.54, 1.807) is 19.1 Å². The molecule has 2 N–H and O–H groups in total. The molecule has 1 fully saturated rings. The van der Waals surface area contributed by atoms with Crippen LogP contribution >= 0.6 is 0 Å². The zero-order valence-electron chi connectivity index (χ0n) is 19.2. The first kappa shape index (κ1) is 22.7. The second-order valence-electron chi connectivity index (χ2n) is 8.40. The third-order valence-corrected chi connectivity index (χ3v) is 6.27. The topological polar surface area (TPSA) is 83.7 Å². The van der Waals surface area contributed by atoms with Crippen molar-refractivity contribution in [3.63, 3.8) is 0 Å². The van der Waals surface area contributed by atoms with Gasteiger partial charge in [0.1, 0.15) is 17.5 Å². The molecule has 1 aliphatic heterocycles. The van der Waals surface area contributed by atoms with Crippen LogP contribution in [0, 0.1) is 0 Å². The first-order valence-corrected chi connectivity index (χ1v) is 11.4. The standard InChI is InChI=1S/C26H31N3O4/c1-32-20-7-5-6-18(14-20)17-29-24(8-3-4-9-25(29)30)26(31)27-13-12-19-16-28-23-11-10-21(33-2)15-22(19)23/h5-7,10-11,14-16,24,28H,3-4,8-9,12-13,17H2,1-2H3,(H,27,31)/t24-/m0/s1. The van der Waals surface area contributed by atoms with Crippen LogP contribution in [0.1, 0.15) is 36.8 Å². The van der Waals surface area contributed by atoms with Gasteiger partial charge in [-0.2, -0.15) is 0 Å². The zero-order chi connectivity index (χ0) is 23.2. The highest BCUT2D eigenvalue weighted by Crippen LogP contribution is 2.25. The Balaban J connectivity index is 1.43. The number of ether oxygens (including phenoxy) is 2. The van der Waals surface area contributed by atoms with E-state index >= 15 is 0 Å². The predicted molar refractivity (Wildman–Crippen MR) is 127 cm³/mol. The minimum Gasteiger partial charge on any atom is -0.497 e. The summed E-state index contributed by atoms with van der Waals surface area (Å²) in [5, 5.41) is 4.16. The van der Waals surface area contributed by atoms with E-state index < -0.39 is 6.04 Å². The molecule has 7 nitrogen and oxygen atoms in total. The average Bonchev–Trinajstić information content (AvgIpc) is 3.15. The van der Waals surface area contributed by atoms with Crippen molar-refractivity contribution in [1.29, 1.82) is 0 Å². The first-order valence-electron chi connectivity index (χ1n) is 11.4. The molecular weight excluding hydrogens is 418 g/mol. The maximum atomic E-state index is 13.2. The van der Waals surface area contributed by atoms with E-state index in [2.05, 4.69) is 10.3 Å². The van der Waals surface area contributed by atoms with Gasteiger partial charge in [-0.1, -0.05) is 18.6 Å². The Morgan fingerprint density at radius 2 is 1.94 bits per heavy atom. The summed E-state index contributed by atoms with van der Waals surface area (Å²) in [6.07, 6.45) is 5.49. The Labute approximate surface area is 194 Å². The zero-order valence-corrected chi connectivity index (χ0v) is 19.2. The summed E-state index contributed by atoms with van der Waals surface area (Å²) in [5.41, 5.74) is 3.11. The predicted octanol–water partition coefficient (Wildman–Crippen LogP) is 3.82. The first-order chi connectivity index (χ1) is 16.1. The minimum atomic E-state index is -0.464.